The molecule has 1 amide bonds. The molecule has 3 nitrogen and oxygen atoms in total. The van der Waals surface area contributed by atoms with Gasteiger partial charge in [0, 0.05) is 18.3 Å². The zero-order valence-corrected chi connectivity index (χ0v) is 9.66. The molecule has 0 saturated carbocycles. The number of hydrogen-bond acceptors (Lipinski definition) is 1. The Labute approximate surface area is 95.1 Å². The quantitative estimate of drug-likeness (QED) is 0.837. The predicted octanol–water partition coefficient (Wildman–Crippen LogP) is 2.09. The van der Waals surface area contributed by atoms with Crippen LogP contribution in [0.5, 0.6) is 0 Å². The molecule has 2 rings (SSSR count). The number of carbonyl (C=O) groups excluding carboxylic acids is 1. The van der Waals surface area contributed by atoms with E-state index >= 15 is 0 Å². The average Bonchev–Trinajstić information content (AvgIpc) is 2.61. The highest BCUT2D eigenvalue weighted by Gasteiger charge is 2.05. The van der Waals surface area contributed by atoms with Gasteiger partial charge in [0.1, 0.15) is 6.54 Å². The molecule has 0 aliphatic heterocycles. The Hall–Kier alpha value is -1.77. The van der Waals surface area contributed by atoms with Crippen LogP contribution in [0.4, 0.5) is 0 Å². The Morgan fingerprint density at radius 1 is 1.38 bits per heavy atom. The Bertz CT molecular complexity index is 514. The zero-order chi connectivity index (χ0) is 11.5. The SMILES string of the molecule is CCNC(=O)Cn1ccc2ccc(C)cc21. The van der Waals surface area contributed by atoms with E-state index in [0.717, 1.165) is 5.52 Å². The normalized spacial score (nSPS) is 10.6. The molecule has 0 saturated heterocycles. The van der Waals surface area contributed by atoms with E-state index < -0.39 is 0 Å². The summed E-state index contributed by atoms with van der Waals surface area (Å²) in [6.07, 6.45) is 1.96. The smallest absolute Gasteiger partial charge is 0.239 e. The van der Waals surface area contributed by atoms with Crippen molar-refractivity contribution in [3.05, 3.63) is 36.0 Å². The van der Waals surface area contributed by atoms with Crippen LogP contribution in [0.3, 0.4) is 0 Å². The topological polar surface area (TPSA) is 34.0 Å². The van der Waals surface area contributed by atoms with Gasteiger partial charge in [-0.3, -0.25) is 4.79 Å². The van der Waals surface area contributed by atoms with Crippen LogP contribution < -0.4 is 5.32 Å². The van der Waals surface area contributed by atoms with Crippen LogP contribution in [0, 0.1) is 6.92 Å². The minimum atomic E-state index is 0.0570. The van der Waals surface area contributed by atoms with Gasteiger partial charge in [0.15, 0.2) is 0 Å². The third kappa shape index (κ3) is 2.08. The lowest BCUT2D eigenvalue weighted by molar-refractivity contribution is -0.121. The van der Waals surface area contributed by atoms with E-state index in [-0.39, 0.29) is 5.91 Å². The summed E-state index contributed by atoms with van der Waals surface area (Å²) in [5.74, 6) is 0.0570. The third-order valence-electron chi connectivity index (χ3n) is 2.62. The van der Waals surface area contributed by atoms with E-state index in [4.69, 9.17) is 0 Å². The number of likely N-dealkylation sites (N-methyl/N-ethyl adjacent to an activating group) is 1. The molecule has 0 radical (unpaired) electrons. The van der Waals surface area contributed by atoms with Gasteiger partial charge < -0.3 is 9.88 Å². The summed E-state index contributed by atoms with van der Waals surface area (Å²) < 4.78 is 1.98. The second kappa shape index (κ2) is 4.39. The second-order valence-corrected chi connectivity index (χ2v) is 3.96. The second-order valence-electron chi connectivity index (χ2n) is 3.96. The van der Waals surface area contributed by atoms with Crippen LogP contribution in [0.1, 0.15) is 12.5 Å². The minimum absolute atomic E-state index is 0.0570. The monoisotopic (exact) mass is 216 g/mol. The van der Waals surface area contributed by atoms with Crippen LogP contribution in [0.15, 0.2) is 30.5 Å². The first-order valence-electron chi connectivity index (χ1n) is 5.53. The van der Waals surface area contributed by atoms with Gasteiger partial charge in [-0.15, -0.1) is 0 Å². The van der Waals surface area contributed by atoms with E-state index in [1.165, 1.54) is 10.9 Å². The summed E-state index contributed by atoms with van der Waals surface area (Å²) in [6, 6.07) is 8.31. The molecular formula is C13H16N2O. The number of carbonyl (C=O) groups is 1. The lowest BCUT2D eigenvalue weighted by Gasteiger charge is -2.05. The van der Waals surface area contributed by atoms with Crippen molar-refractivity contribution in [1.29, 1.82) is 0 Å². The number of nitrogens with one attached hydrogen (secondary N) is 1. The highest BCUT2D eigenvalue weighted by molar-refractivity contribution is 5.83. The van der Waals surface area contributed by atoms with E-state index in [1.54, 1.807) is 0 Å². The standard InChI is InChI=1S/C13H16N2O/c1-3-14-13(16)9-15-7-6-11-5-4-10(2)8-12(11)15/h4-8H,3,9H2,1-2H3,(H,14,16). The zero-order valence-electron chi connectivity index (χ0n) is 9.66. The highest BCUT2D eigenvalue weighted by atomic mass is 16.1. The van der Waals surface area contributed by atoms with Gasteiger partial charge >= 0.3 is 0 Å². The molecule has 0 spiro atoms. The highest BCUT2D eigenvalue weighted by Crippen LogP contribution is 2.17. The van der Waals surface area contributed by atoms with Gasteiger partial charge in [0.05, 0.1) is 0 Å². The van der Waals surface area contributed by atoms with Crippen molar-refractivity contribution >= 4 is 16.8 Å². The Balaban J connectivity index is 2.30. The number of amides is 1. The van der Waals surface area contributed by atoms with Gasteiger partial charge in [-0.25, -0.2) is 0 Å². The molecule has 84 valence electrons. The fraction of sp³-hybridized carbons (Fsp3) is 0.308. The molecule has 1 N–H and O–H groups in total. The number of nitrogens with zero attached hydrogens (tertiary/aromatic N) is 1. The summed E-state index contributed by atoms with van der Waals surface area (Å²) in [7, 11) is 0. The molecule has 1 aromatic carbocycles. The molecule has 0 aliphatic carbocycles. The molecule has 0 fully saturated rings. The van der Waals surface area contributed by atoms with E-state index in [1.807, 2.05) is 23.8 Å². The van der Waals surface area contributed by atoms with Gasteiger partial charge in [-0.05, 0) is 36.9 Å². The summed E-state index contributed by atoms with van der Waals surface area (Å²) in [4.78, 5) is 11.5. The van der Waals surface area contributed by atoms with Crippen molar-refractivity contribution in [1.82, 2.24) is 9.88 Å². The lowest BCUT2D eigenvalue weighted by atomic mass is 10.2. The number of aryl methyl sites for hydroxylation is 1. The first-order valence-corrected chi connectivity index (χ1v) is 5.53. The molecule has 1 aromatic heterocycles. The molecule has 1 heterocycles. The van der Waals surface area contributed by atoms with Crippen molar-refractivity contribution in [2.24, 2.45) is 0 Å². The van der Waals surface area contributed by atoms with Gasteiger partial charge in [-0.2, -0.15) is 0 Å². The summed E-state index contributed by atoms with van der Waals surface area (Å²) in [6.45, 7) is 5.05. The maximum atomic E-state index is 11.5. The van der Waals surface area contributed by atoms with Gasteiger partial charge in [-0.1, -0.05) is 12.1 Å². The van der Waals surface area contributed by atoms with Gasteiger partial charge in [0.2, 0.25) is 5.91 Å². The first kappa shape index (κ1) is 10.7. The average molecular weight is 216 g/mol. The fourth-order valence-corrected chi connectivity index (χ4v) is 1.84. The third-order valence-corrected chi connectivity index (χ3v) is 2.62. The van der Waals surface area contributed by atoms with Crippen LogP contribution in [0.2, 0.25) is 0 Å². The Morgan fingerprint density at radius 3 is 2.94 bits per heavy atom. The summed E-state index contributed by atoms with van der Waals surface area (Å²) >= 11 is 0. The molecule has 0 unspecified atom stereocenters. The molecule has 0 atom stereocenters. The van der Waals surface area contributed by atoms with E-state index in [2.05, 4.69) is 30.4 Å². The number of hydrogen-bond donors (Lipinski definition) is 1. The van der Waals surface area contributed by atoms with Crippen molar-refractivity contribution in [3.8, 4) is 0 Å². The van der Waals surface area contributed by atoms with Crippen LogP contribution >= 0.6 is 0 Å². The number of fused-ring (bicyclic) bond motifs is 1. The molecular weight excluding hydrogens is 200 g/mol. The van der Waals surface area contributed by atoms with Crippen molar-refractivity contribution in [2.45, 2.75) is 20.4 Å². The molecule has 3 heteroatoms. The van der Waals surface area contributed by atoms with E-state index in [9.17, 15) is 4.79 Å². The maximum Gasteiger partial charge on any atom is 0.239 e. The lowest BCUT2D eigenvalue weighted by Crippen LogP contribution is -2.26. The maximum absolute atomic E-state index is 11.5. The van der Waals surface area contributed by atoms with Crippen LogP contribution in [-0.4, -0.2) is 17.0 Å². The van der Waals surface area contributed by atoms with Crippen molar-refractivity contribution < 1.29 is 4.79 Å². The van der Waals surface area contributed by atoms with Crippen LogP contribution in [0.25, 0.3) is 10.9 Å². The fourth-order valence-electron chi connectivity index (χ4n) is 1.84. The molecule has 0 aliphatic rings. The first-order chi connectivity index (χ1) is 7.70. The molecule has 2 aromatic rings. The number of benzene rings is 1. The predicted molar refractivity (Wildman–Crippen MR) is 65.4 cm³/mol. The molecule has 16 heavy (non-hydrogen) atoms. The van der Waals surface area contributed by atoms with Crippen LogP contribution in [-0.2, 0) is 11.3 Å². The van der Waals surface area contributed by atoms with Crippen molar-refractivity contribution in [3.63, 3.8) is 0 Å². The minimum Gasteiger partial charge on any atom is -0.355 e. The number of rotatable bonds is 3. The Morgan fingerprint density at radius 2 is 2.19 bits per heavy atom. The summed E-state index contributed by atoms with van der Waals surface area (Å²) in [5.41, 5.74) is 2.33. The summed E-state index contributed by atoms with van der Waals surface area (Å²) in [5, 5.41) is 3.98. The van der Waals surface area contributed by atoms with E-state index in [0.29, 0.717) is 13.1 Å². The largest absolute Gasteiger partial charge is 0.355 e. The van der Waals surface area contributed by atoms with Gasteiger partial charge in [0.25, 0.3) is 0 Å². The molecule has 0 bridgehead atoms. The number of aromatic nitrogens is 1. The Kier molecular flexibility index (Phi) is 2.95. The van der Waals surface area contributed by atoms with Crippen molar-refractivity contribution in [2.75, 3.05) is 6.54 Å².